The minimum atomic E-state index is 0.653. The molecule has 1 heterocycles. The fraction of sp³-hybridized carbons (Fsp3) is 0.760. The van der Waals surface area contributed by atoms with Crippen molar-refractivity contribution in [1.29, 1.82) is 0 Å². The summed E-state index contributed by atoms with van der Waals surface area (Å²) in [5.41, 5.74) is 0. The molecule has 0 aromatic carbocycles. The molecule has 0 aromatic heterocycles. The quantitative estimate of drug-likeness (QED) is 0.540. The second kappa shape index (κ2) is 12.6. The first-order valence-corrected chi connectivity index (χ1v) is 11.9. The van der Waals surface area contributed by atoms with E-state index in [-0.39, 0.29) is 0 Å². The average Bonchev–Trinajstić information content (AvgIpc) is 2.70. The van der Waals surface area contributed by atoms with Crippen LogP contribution in [-0.2, 0) is 0 Å². The van der Waals surface area contributed by atoms with Crippen molar-refractivity contribution in [3.05, 3.63) is 36.5 Å². The van der Waals surface area contributed by atoms with Gasteiger partial charge in [0, 0.05) is 0 Å². The molecule has 4 atom stereocenters. The summed E-state index contributed by atoms with van der Waals surface area (Å²) in [6.07, 6.45) is 29.6. The van der Waals surface area contributed by atoms with Crippen molar-refractivity contribution >= 4 is 0 Å². The summed E-state index contributed by atoms with van der Waals surface area (Å²) in [5.74, 6) is 3.21. The number of fused-ring (bicyclic) bond motifs is 3. The Morgan fingerprint density at radius 3 is 2.33 bits per heavy atom. The molecule has 0 aromatic rings. The Morgan fingerprint density at radius 2 is 1.37 bits per heavy atom. The SMILES string of the molecule is C1=CCCNCCCNC[C@H]2[C@@H]3CCCC[C@H]3C=C[C@H]2/C=C\CCCCC1. The van der Waals surface area contributed by atoms with Crippen LogP contribution in [0.5, 0.6) is 0 Å². The molecule has 0 amide bonds. The van der Waals surface area contributed by atoms with Gasteiger partial charge in [-0.2, -0.15) is 0 Å². The predicted molar refractivity (Wildman–Crippen MR) is 118 cm³/mol. The molecule has 0 saturated heterocycles. The molecule has 2 heteroatoms. The smallest absolute Gasteiger partial charge is 0.000900 e. The number of rotatable bonds is 0. The molecular weight excluding hydrogens is 328 g/mol. The molecule has 0 radical (unpaired) electrons. The van der Waals surface area contributed by atoms with Gasteiger partial charge in [-0.3, -0.25) is 0 Å². The summed E-state index contributed by atoms with van der Waals surface area (Å²) in [5, 5.41) is 7.40. The Labute approximate surface area is 168 Å². The standard InChI is InChI=1S/C25H42N2/c1-2-4-6-8-13-23-17-16-22-14-9-10-15-24(22)25(23)21-27-20-12-19-26-18-11-7-5-3-1/h5,7-8,13,16-17,22-27H,1-4,6,9-12,14-15,18-21H2/b7-5?,13-8-/t22-,23+,24+,25+/m0/s1. The van der Waals surface area contributed by atoms with Gasteiger partial charge in [0.05, 0.1) is 0 Å². The summed E-state index contributed by atoms with van der Waals surface area (Å²) < 4.78 is 0. The van der Waals surface area contributed by atoms with Crippen LogP contribution < -0.4 is 10.6 Å². The van der Waals surface area contributed by atoms with Crippen LogP contribution in [-0.4, -0.2) is 26.2 Å². The van der Waals surface area contributed by atoms with Crippen molar-refractivity contribution in [2.75, 3.05) is 26.2 Å². The zero-order valence-electron chi connectivity index (χ0n) is 17.4. The van der Waals surface area contributed by atoms with Crippen molar-refractivity contribution in [3.8, 4) is 0 Å². The molecule has 0 spiro atoms. The maximum Gasteiger partial charge on any atom is -0.000900 e. The third-order valence-corrected chi connectivity index (χ3v) is 6.84. The largest absolute Gasteiger partial charge is 0.316 e. The maximum absolute atomic E-state index is 3.81. The van der Waals surface area contributed by atoms with Gasteiger partial charge in [0.25, 0.3) is 0 Å². The number of allylic oxidation sites excluding steroid dienone is 5. The zero-order valence-corrected chi connectivity index (χ0v) is 17.4. The van der Waals surface area contributed by atoms with Gasteiger partial charge >= 0.3 is 0 Å². The van der Waals surface area contributed by atoms with E-state index >= 15 is 0 Å². The number of nitrogens with one attached hydrogen (secondary N) is 2. The van der Waals surface area contributed by atoms with Crippen LogP contribution in [0.15, 0.2) is 36.5 Å². The van der Waals surface area contributed by atoms with E-state index in [1.54, 1.807) is 0 Å². The molecule has 2 aliphatic carbocycles. The van der Waals surface area contributed by atoms with E-state index in [4.69, 9.17) is 0 Å². The van der Waals surface area contributed by atoms with Crippen molar-refractivity contribution in [1.82, 2.24) is 10.6 Å². The summed E-state index contributed by atoms with van der Waals surface area (Å²) >= 11 is 0. The summed E-state index contributed by atoms with van der Waals surface area (Å²) in [4.78, 5) is 0. The van der Waals surface area contributed by atoms with Crippen LogP contribution in [0.1, 0.15) is 70.6 Å². The second-order valence-electron chi connectivity index (χ2n) is 8.87. The molecule has 3 rings (SSSR count). The molecule has 0 unspecified atom stereocenters. The van der Waals surface area contributed by atoms with E-state index in [0.29, 0.717) is 5.92 Å². The Bertz CT molecular complexity index is 479. The Kier molecular flexibility index (Phi) is 9.71. The molecule has 1 fully saturated rings. The number of hydrogen-bond acceptors (Lipinski definition) is 2. The van der Waals surface area contributed by atoms with E-state index < -0.39 is 0 Å². The Balaban J connectivity index is 1.56. The van der Waals surface area contributed by atoms with Crippen LogP contribution in [0.3, 0.4) is 0 Å². The van der Waals surface area contributed by atoms with E-state index in [1.807, 2.05) is 0 Å². The molecular formula is C25H42N2. The second-order valence-corrected chi connectivity index (χ2v) is 8.87. The minimum Gasteiger partial charge on any atom is -0.316 e. The highest BCUT2D eigenvalue weighted by Gasteiger charge is 2.36. The van der Waals surface area contributed by atoms with Gasteiger partial charge in [0.15, 0.2) is 0 Å². The van der Waals surface area contributed by atoms with Crippen LogP contribution in [0.4, 0.5) is 0 Å². The number of hydrogen-bond donors (Lipinski definition) is 2. The third kappa shape index (κ3) is 7.23. The first-order chi connectivity index (χ1) is 13.4. The first-order valence-electron chi connectivity index (χ1n) is 11.9. The van der Waals surface area contributed by atoms with E-state index in [1.165, 1.54) is 77.2 Å². The molecule has 0 bridgehead atoms. The lowest BCUT2D eigenvalue weighted by molar-refractivity contribution is 0.156. The van der Waals surface area contributed by atoms with E-state index in [9.17, 15) is 0 Å². The Hall–Kier alpha value is -0.860. The summed E-state index contributed by atoms with van der Waals surface area (Å²) in [7, 11) is 0. The molecule has 1 aliphatic heterocycles. The van der Waals surface area contributed by atoms with Crippen LogP contribution >= 0.6 is 0 Å². The van der Waals surface area contributed by atoms with Crippen molar-refractivity contribution in [3.63, 3.8) is 0 Å². The van der Waals surface area contributed by atoms with Crippen molar-refractivity contribution in [2.45, 2.75) is 70.6 Å². The Morgan fingerprint density at radius 1 is 0.556 bits per heavy atom. The molecule has 3 aliphatic rings. The van der Waals surface area contributed by atoms with Crippen LogP contribution in [0.25, 0.3) is 0 Å². The maximum atomic E-state index is 3.81. The average molecular weight is 371 g/mol. The highest BCUT2D eigenvalue weighted by Crippen LogP contribution is 2.43. The monoisotopic (exact) mass is 370 g/mol. The van der Waals surface area contributed by atoms with Gasteiger partial charge in [-0.15, -0.1) is 0 Å². The summed E-state index contributed by atoms with van der Waals surface area (Å²) in [6.45, 7) is 4.61. The van der Waals surface area contributed by atoms with Gasteiger partial charge in [0.2, 0.25) is 0 Å². The van der Waals surface area contributed by atoms with Gasteiger partial charge in [0.1, 0.15) is 0 Å². The van der Waals surface area contributed by atoms with Gasteiger partial charge in [-0.1, -0.05) is 55.7 Å². The van der Waals surface area contributed by atoms with E-state index in [2.05, 4.69) is 47.1 Å². The highest BCUT2D eigenvalue weighted by atomic mass is 14.9. The fourth-order valence-electron chi connectivity index (χ4n) is 5.26. The van der Waals surface area contributed by atoms with Crippen molar-refractivity contribution < 1.29 is 0 Å². The topological polar surface area (TPSA) is 24.1 Å². The van der Waals surface area contributed by atoms with Gasteiger partial charge in [-0.05, 0) is 101 Å². The lowest BCUT2D eigenvalue weighted by Crippen LogP contribution is -2.39. The van der Waals surface area contributed by atoms with E-state index in [0.717, 1.165) is 37.4 Å². The molecule has 2 nitrogen and oxygen atoms in total. The third-order valence-electron chi connectivity index (χ3n) is 6.84. The lowest BCUT2D eigenvalue weighted by atomic mass is 9.64. The normalized spacial score (nSPS) is 35.9. The molecule has 27 heavy (non-hydrogen) atoms. The zero-order chi connectivity index (χ0) is 18.6. The van der Waals surface area contributed by atoms with Crippen molar-refractivity contribution in [2.24, 2.45) is 23.7 Å². The fourth-order valence-corrected chi connectivity index (χ4v) is 5.26. The highest BCUT2D eigenvalue weighted by molar-refractivity contribution is 5.12. The predicted octanol–water partition coefficient (Wildman–Crippen LogP) is 5.63. The van der Waals surface area contributed by atoms with Gasteiger partial charge in [-0.25, -0.2) is 0 Å². The van der Waals surface area contributed by atoms with Crippen LogP contribution in [0, 0.1) is 23.7 Å². The summed E-state index contributed by atoms with van der Waals surface area (Å²) in [6, 6.07) is 0. The molecule has 1 saturated carbocycles. The lowest BCUT2D eigenvalue weighted by Gasteiger charge is -2.42. The first kappa shape index (κ1) is 20.9. The molecule has 152 valence electrons. The molecule has 2 N–H and O–H groups in total. The van der Waals surface area contributed by atoms with Crippen LogP contribution in [0.2, 0.25) is 0 Å². The van der Waals surface area contributed by atoms with Gasteiger partial charge < -0.3 is 10.6 Å². The minimum absolute atomic E-state index is 0.653.